The molecule has 0 aliphatic carbocycles. The Morgan fingerprint density at radius 3 is 2.58 bits per heavy atom. The van der Waals surface area contributed by atoms with Gasteiger partial charge < -0.3 is 19.8 Å². The summed E-state index contributed by atoms with van der Waals surface area (Å²) >= 11 is 0. The molecule has 2 amide bonds. The summed E-state index contributed by atoms with van der Waals surface area (Å²) in [5.74, 6) is -0.539. The molecule has 0 aliphatic heterocycles. The lowest BCUT2D eigenvalue weighted by Crippen LogP contribution is -2.49. The Morgan fingerprint density at radius 2 is 1.92 bits per heavy atom. The molecule has 134 valence electrons. The lowest BCUT2D eigenvalue weighted by atomic mass is 10.2. The smallest absolute Gasteiger partial charge is 0.268 e. The van der Waals surface area contributed by atoms with Crippen molar-refractivity contribution in [1.82, 2.24) is 24.8 Å². The lowest BCUT2D eigenvalue weighted by Gasteiger charge is -2.19. The van der Waals surface area contributed by atoms with E-state index < -0.39 is 6.04 Å². The van der Waals surface area contributed by atoms with E-state index >= 15 is 0 Å². The topological polar surface area (TPSA) is 81.0 Å². The van der Waals surface area contributed by atoms with Gasteiger partial charge in [0.15, 0.2) is 0 Å². The van der Waals surface area contributed by atoms with Gasteiger partial charge in [-0.05, 0) is 17.7 Å². The van der Waals surface area contributed by atoms with Gasteiger partial charge >= 0.3 is 0 Å². The minimum absolute atomic E-state index is 0.245. The number of hydrogen-bond acceptors (Lipinski definition) is 3. The largest absolute Gasteiger partial charge is 0.350 e. The summed E-state index contributed by atoms with van der Waals surface area (Å²) in [6, 6.07) is 12.4. The zero-order valence-electron chi connectivity index (χ0n) is 14.5. The van der Waals surface area contributed by atoms with E-state index in [1.807, 2.05) is 30.3 Å². The van der Waals surface area contributed by atoms with Gasteiger partial charge in [-0.1, -0.05) is 30.3 Å². The second-order valence-corrected chi connectivity index (χ2v) is 5.99. The number of hydrogen-bond donors (Lipinski definition) is 2. The van der Waals surface area contributed by atoms with Crippen molar-refractivity contribution in [2.45, 2.75) is 19.1 Å². The SMILES string of the molecule is Cn1cccc1C(=O)N[C@@H](Cn1ccnc1)C(=O)NCc1ccccc1. The molecule has 26 heavy (non-hydrogen) atoms. The van der Waals surface area contributed by atoms with E-state index in [1.165, 1.54) is 0 Å². The third-order valence-corrected chi connectivity index (χ3v) is 4.06. The fraction of sp³-hybridized carbons (Fsp3) is 0.211. The number of carbonyl (C=O) groups excluding carboxylic acids is 2. The summed E-state index contributed by atoms with van der Waals surface area (Å²) in [4.78, 5) is 29.2. The Bertz CT molecular complexity index is 855. The standard InChI is InChI=1S/C19H21N5O2/c1-23-10-5-8-17(23)19(26)22-16(13-24-11-9-20-14-24)18(25)21-12-15-6-3-2-4-7-15/h2-11,14,16H,12-13H2,1H3,(H,21,25)(H,22,26)/t16-/m0/s1. The summed E-state index contributed by atoms with van der Waals surface area (Å²) in [5, 5.41) is 5.70. The van der Waals surface area contributed by atoms with Crippen LogP contribution in [0.25, 0.3) is 0 Å². The maximum Gasteiger partial charge on any atom is 0.268 e. The third kappa shape index (κ3) is 4.38. The summed E-state index contributed by atoms with van der Waals surface area (Å²) in [6.45, 7) is 0.705. The normalized spacial score (nSPS) is 11.7. The highest BCUT2D eigenvalue weighted by molar-refractivity contribution is 5.96. The molecule has 1 atom stereocenters. The highest BCUT2D eigenvalue weighted by Gasteiger charge is 2.22. The average Bonchev–Trinajstić information content (AvgIpc) is 3.31. The first kappa shape index (κ1) is 17.5. The zero-order chi connectivity index (χ0) is 18.4. The Labute approximate surface area is 151 Å². The summed E-state index contributed by atoms with van der Waals surface area (Å²) in [6.07, 6.45) is 6.80. The molecule has 7 heteroatoms. The van der Waals surface area contributed by atoms with Crippen LogP contribution in [-0.4, -0.2) is 32.0 Å². The van der Waals surface area contributed by atoms with Crippen molar-refractivity contribution < 1.29 is 9.59 Å². The van der Waals surface area contributed by atoms with E-state index in [0.29, 0.717) is 18.8 Å². The number of benzene rings is 1. The fourth-order valence-corrected chi connectivity index (χ4v) is 2.64. The Balaban J connectivity index is 1.69. The molecule has 3 aromatic rings. The van der Waals surface area contributed by atoms with Gasteiger partial charge in [0.25, 0.3) is 5.91 Å². The monoisotopic (exact) mass is 351 g/mol. The van der Waals surface area contributed by atoms with Crippen LogP contribution in [-0.2, 0) is 24.9 Å². The molecule has 1 aromatic carbocycles. The van der Waals surface area contributed by atoms with Crippen LogP contribution in [0, 0.1) is 0 Å². The van der Waals surface area contributed by atoms with E-state index in [0.717, 1.165) is 5.56 Å². The van der Waals surface area contributed by atoms with Crippen LogP contribution in [0.3, 0.4) is 0 Å². The number of rotatable bonds is 7. The van der Waals surface area contributed by atoms with Gasteiger partial charge in [-0.3, -0.25) is 9.59 Å². The maximum absolute atomic E-state index is 12.7. The van der Waals surface area contributed by atoms with E-state index in [1.54, 1.807) is 53.2 Å². The minimum atomic E-state index is -0.713. The number of amides is 2. The number of imidazole rings is 1. The highest BCUT2D eigenvalue weighted by atomic mass is 16.2. The molecule has 2 aromatic heterocycles. The number of aromatic nitrogens is 3. The summed E-state index contributed by atoms with van der Waals surface area (Å²) < 4.78 is 3.48. The molecule has 2 heterocycles. The van der Waals surface area contributed by atoms with E-state index in [2.05, 4.69) is 15.6 Å². The van der Waals surface area contributed by atoms with Crippen molar-refractivity contribution in [3.63, 3.8) is 0 Å². The van der Waals surface area contributed by atoms with Gasteiger partial charge in [0.05, 0.1) is 12.9 Å². The molecule has 0 fully saturated rings. The molecule has 0 spiro atoms. The second-order valence-electron chi connectivity index (χ2n) is 5.99. The van der Waals surface area contributed by atoms with E-state index in [9.17, 15) is 9.59 Å². The van der Waals surface area contributed by atoms with Crippen LogP contribution >= 0.6 is 0 Å². The van der Waals surface area contributed by atoms with Crippen LogP contribution in [0.5, 0.6) is 0 Å². The first-order chi connectivity index (χ1) is 12.6. The van der Waals surface area contributed by atoms with Crippen molar-refractivity contribution in [3.05, 3.63) is 78.6 Å². The van der Waals surface area contributed by atoms with Gasteiger partial charge in [0.2, 0.25) is 5.91 Å². The fourth-order valence-electron chi connectivity index (χ4n) is 2.64. The first-order valence-corrected chi connectivity index (χ1v) is 8.33. The Hall–Kier alpha value is -3.35. The number of nitrogens with zero attached hydrogens (tertiary/aromatic N) is 3. The minimum Gasteiger partial charge on any atom is -0.350 e. The third-order valence-electron chi connectivity index (χ3n) is 4.06. The number of nitrogens with one attached hydrogen (secondary N) is 2. The molecule has 0 unspecified atom stereocenters. The van der Waals surface area contributed by atoms with Crippen molar-refractivity contribution in [2.75, 3.05) is 0 Å². The van der Waals surface area contributed by atoms with Crippen molar-refractivity contribution in [3.8, 4) is 0 Å². The molecule has 7 nitrogen and oxygen atoms in total. The van der Waals surface area contributed by atoms with Crippen molar-refractivity contribution >= 4 is 11.8 Å². The summed E-state index contributed by atoms with van der Waals surface area (Å²) in [5.41, 5.74) is 1.49. The van der Waals surface area contributed by atoms with E-state index in [-0.39, 0.29) is 11.8 Å². The summed E-state index contributed by atoms with van der Waals surface area (Å²) in [7, 11) is 1.79. The van der Waals surface area contributed by atoms with Crippen LogP contribution in [0.2, 0.25) is 0 Å². The van der Waals surface area contributed by atoms with Gasteiger partial charge in [-0.2, -0.15) is 0 Å². The lowest BCUT2D eigenvalue weighted by molar-refractivity contribution is -0.123. The molecule has 0 saturated heterocycles. The molecule has 0 saturated carbocycles. The molecule has 2 N–H and O–H groups in total. The van der Waals surface area contributed by atoms with Crippen LogP contribution in [0.1, 0.15) is 16.1 Å². The van der Waals surface area contributed by atoms with Crippen LogP contribution in [0.15, 0.2) is 67.4 Å². The van der Waals surface area contributed by atoms with E-state index in [4.69, 9.17) is 0 Å². The van der Waals surface area contributed by atoms with Gasteiger partial charge in [-0.25, -0.2) is 4.98 Å². The molecule has 3 rings (SSSR count). The van der Waals surface area contributed by atoms with Crippen molar-refractivity contribution in [2.24, 2.45) is 7.05 Å². The molecular weight excluding hydrogens is 330 g/mol. The maximum atomic E-state index is 12.7. The first-order valence-electron chi connectivity index (χ1n) is 8.33. The molecule has 0 radical (unpaired) electrons. The van der Waals surface area contributed by atoms with Crippen LogP contribution < -0.4 is 10.6 Å². The molecule has 0 aliphatic rings. The predicted molar refractivity (Wildman–Crippen MR) is 97.2 cm³/mol. The second kappa shape index (κ2) is 8.15. The molecular formula is C19H21N5O2. The number of carbonyl (C=O) groups is 2. The van der Waals surface area contributed by atoms with Gasteiger partial charge in [0.1, 0.15) is 11.7 Å². The Morgan fingerprint density at radius 1 is 1.12 bits per heavy atom. The quantitative estimate of drug-likeness (QED) is 0.674. The predicted octanol–water partition coefficient (Wildman–Crippen LogP) is 1.34. The Kier molecular flexibility index (Phi) is 5.48. The van der Waals surface area contributed by atoms with Crippen molar-refractivity contribution in [1.29, 1.82) is 0 Å². The van der Waals surface area contributed by atoms with Crippen LogP contribution in [0.4, 0.5) is 0 Å². The average molecular weight is 351 g/mol. The van der Waals surface area contributed by atoms with Gasteiger partial charge in [0, 0.05) is 32.2 Å². The number of aryl methyl sites for hydroxylation is 1. The highest BCUT2D eigenvalue weighted by Crippen LogP contribution is 2.03. The van der Waals surface area contributed by atoms with Gasteiger partial charge in [-0.15, -0.1) is 0 Å². The zero-order valence-corrected chi connectivity index (χ0v) is 14.5. The molecule has 0 bridgehead atoms.